The molecule has 0 saturated heterocycles. The summed E-state index contributed by atoms with van der Waals surface area (Å²) >= 11 is 4.44. The van der Waals surface area contributed by atoms with E-state index in [2.05, 4.69) is 19.1 Å². The third kappa shape index (κ3) is 4.47. The fourth-order valence-electron chi connectivity index (χ4n) is 1.89. The molecule has 0 aromatic carbocycles. The quantitative estimate of drug-likeness (QED) is 0.637. The van der Waals surface area contributed by atoms with Gasteiger partial charge < -0.3 is 5.73 Å². The van der Waals surface area contributed by atoms with Gasteiger partial charge in [0, 0.05) is 0 Å². The highest BCUT2D eigenvalue weighted by atomic mass is 32.2. The molecule has 0 radical (unpaired) electrons. The first-order valence-corrected chi connectivity index (χ1v) is 7.38. The Balaban J connectivity index is 2.56. The lowest BCUT2D eigenvalue weighted by atomic mass is 9.91. The molecule has 4 N–H and O–H groups in total. The van der Waals surface area contributed by atoms with Gasteiger partial charge in [-0.1, -0.05) is 6.92 Å². The topological polar surface area (TPSA) is 101 Å². The van der Waals surface area contributed by atoms with E-state index in [9.17, 15) is 13.2 Å². The molecule has 17 heavy (non-hydrogen) atoms. The van der Waals surface area contributed by atoms with Crippen molar-refractivity contribution in [3.05, 3.63) is 0 Å². The lowest BCUT2D eigenvalue weighted by Gasteiger charge is -2.25. The summed E-state index contributed by atoms with van der Waals surface area (Å²) in [6.07, 6.45) is 2.89. The van der Waals surface area contributed by atoms with E-state index >= 15 is 0 Å². The lowest BCUT2D eigenvalue weighted by Crippen LogP contribution is -2.47. The van der Waals surface area contributed by atoms with Crippen LogP contribution in [-0.4, -0.2) is 24.8 Å². The van der Waals surface area contributed by atoms with Crippen molar-refractivity contribution in [2.75, 3.05) is 0 Å². The zero-order valence-corrected chi connectivity index (χ0v) is 11.2. The molecule has 98 valence electrons. The van der Waals surface area contributed by atoms with Gasteiger partial charge in [-0.15, -0.1) is 0 Å². The summed E-state index contributed by atoms with van der Waals surface area (Å²) in [5.41, 5.74) is 5.07. The first-order chi connectivity index (χ1) is 7.81. The summed E-state index contributed by atoms with van der Waals surface area (Å²) in [5.74, 6) is 0.548. The number of urea groups is 1. The molecule has 0 aliphatic heterocycles. The van der Waals surface area contributed by atoms with E-state index in [1.165, 1.54) is 0 Å². The normalized spacial score (nSPS) is 25.0. The van der Waals surface area contributed by atoms with Crippen molar-refractivity contribution in [3.8, 4) is 0 Å². The van der Waals surface area contributed by atoms with Gasteiger partial charge in [0.1, 0.15) is 0 Å². The predicted octanol–water partition coefficient (Wildman–Crippen LogP) is 0.438. The van der Waals surface area contributed by atoms with E-state index in [-0.39, 0.29) is 5.11 Å². The third-order valence-electron chi connectivity index (χ3n) is 2.87. The number of carbonyl (C=O) groups is 1. The Morgan fingerprint density at radius 2 is 1.82 bits per heavy atom. The van der Waals surface area contributed by atoms with Gasteiger partial charge in [-0.05, 0) is 43.8 Å². The van der Waals surface area contributed by atoms with E-state index < -0.39 is 21.3 Å². The van der Waals surface area contributed by atoms with Crippen LogP contribution in [-0.2, 0) is 10.0 Å². The molecule has 6 nitrogen and oxygen atoms in total. The van der Waals surface area contributed by atoms with Gasteiger partial charge in [-0.2, -0.15) is 0 Å². The van der Waals surface area contributed by atoms with Gasteiger partial charge in [0.25, 0.3) is 0 Å². The largest absolute Gasteiger partial charge is 0.376 e. The Labute approximate surface area is 106 Å². The molecule has 1 fully saturated rings. The molecule has 0 aromatic rings. The highest BCUT2D eigenvalue weighted by Gasteiger charge is 2.30. The van der Waals surface area contributed by atoms with Crippen LogP contribution in [0.3, 0.4) is 0 Å². The lowest BCUT2D eigenvalue weighted by molar-refractivity contribution is 0.250. The monoisotopic (exact) mass is 279 g/mol. The SMILES string of the molecule is CC1CCC(S(=O)(=O)NC(=O)NC(N)=S)CC1. The number of rotatable bonds is 2. The molecule has 2 amide bonds. The molecule has 1 aliphatic rings. The van der Waals surface area contributed by atoms with Crippen LogP contribution in [0.4, 0.5) is 4.79 Å². The number of sulfonamides is 1. The van der Waals surface area contributed by atoms with E-state index in [1.807, 2.05) is 10.0 Å². The minimum atomic E-state index is -3.63. The number of amides is 2. The van der Waals surface area contributed by atoms with Crippen LogP contribution in [0.1, 0.15) is 32.6 Å². The first kappa shape index (κ1) is 14.2. The number of thiocarbonyl (C=S) groups is 1. The van der Waals surface area contributed by atoms with Crippen LogP contribution in [0.5, 0.6) is 0 Å². The molecule has 0 atom stereocenters. The summed E-state index contributed by atoms with van der Waals surface area (Å²) in [7, 11) is -3.63. The summed E-state index contributed by atoms with van der Waals surface area (Å²) in [5, 5.41) is 1.27. The van der Waals surface area contributed by atoms with Crippen molar-refractivity contribution < 1.29 is 13.2 Å². The van der Waals surface area contributed by atoms with Crippen molar-refractivity contribution in [1.29, 1.82) is 0 Å². The maximum absolute atomic E-state index is 11.8. The van der Waals surface area contributed by atoms with Gasteiger partial charge >= 0.3 is 6.03 Å². The van der Waals surface area contributed by atoms with Crippen LogP contribution >= 0.6 is 12.2 Å². The van der Waals surface area contributed by atoms with E-state index in [4.69, 9.17) is 5.73 Å². The molecule has 1 saturated carbocycles. The van der Waals surface area contributed by atoms with Gasteiger partial charge in [0.15, 0.2) is 5.11 Å². The second-order valence-electron chi connectivity index (χ2n) is 4.35. The standard InChI is InChI=1S/C9H17N3O3S2/c1-6-2-4-7(5-3-6)17(14,15)12-9(13)11-8(10)16/h6-7H,2-5H2,1H3,(H4,10,11,12,13,16). The maximum Gasteiger partial charge on any atom is 0.334 e. The number of carbonyl (C=O) groups excluding carboxylic acids is 1. The summed E-state index contributed by atoms with van der Waals surface area (Å²) in [6.45, 7) is 2.09. The summed E-state index contributed by atoms with van der Waals surface area (Å²) < 4.78 is 25.6. The highest BCUT2D eigenvalue weighted by molar-refractivity contribution is 7.90. The smallest absolute Gasteiger partial charge is 0.334 e. The van der Waals surface area contributed by atoms with Crippen molar-refractivity contribution in [2.24, 2.45) is 11.7 Å². The molecule has 0 spiro atoms. The van der Waals surface area contributed by atoms with Crippen molar-refractivity contribution in [1.82, 2.24) is 10.0 Å². The molecular formula is C9H17N3O3S2. The third-order valence-corrected chi connectivity index (χ3v) is 4.79. The van der Waals surface area contributed by atoms with Gasteiger partial charge in [0.05, 0.1) is 5.25 Å². The zero-order valence-electron chi connectivity index (χ0n) is 9.60. The summed E-state index contributed by atoms with van der Waals surface area (Å²) in [4.78, 5) is 11.2. The predicted molar refractivity (Wildman–Crippen MR) is 68.8 cm³/mol. The molecule has 0 bridgehead atoms. The van der Waals surface area contributed by atoms with Crippen LogP contribution < -0.4 is 15.8 Å². The summed E-state index contributed by atoms with van der Waals surface area (Å²) in [6, 6.07) is -0.892. The second kappa shape index (κ2) is 5.63. The van der Waals surface area contributed by atoms with Gasteiger partial charge in [0.2, 0.25) is 10.0 Å². The number of nitrogens with one attached hydrogen (secondary N) is 2. The number of hydrogen-bond donors (Lipinski definition) is 3. The van der Waals surface area contributed by atoms with Crippen LogP contribution in [0.15, 0.2) is 0 Å². The Kier molecular flexibility index (Phi) is 4.70. The fraction of sp³-hybridized carbons (Fsp3) is 0.778. The van der Waals surface area contributed by atoms with Gasteiger partial charge in [-0.3, -0.25) is 5.32 Å². The van der Waals surface area contributed by atoms with Crippen molar-refractivity contribution >= 4 is 33.4 Å². The Hall–Kier alpha value is -0.890. The number of nitrogens with two attached hydrogens (primary N) is 1. The van der Waals surface area contributed by atoms with Gasteiger partial charge in [-0.25, -0.2) is 17.9 Å². The van der Waals surface area contributed by atoms with E-state index in [0.717, 1.165) is 12.8 Å². The Bertz CT molecular complexity index is 400. The second-order valence-corrected chi connectivity index (χ2v) is 6.75. The Morgan fingerprint density at radius 1 is 1.29 bits per heavy atom. The van der Waals surface area contributed by atoms with Crippen molar-refractivity contribution in [2.45, 2.75) is 37.9 Å². The van der Waals surface area contributed by atoms with Crippen LogP contribution in [0.2, 0.25) is 0 Å². The minimum Gasteiger partial charge on any atom is -0.376 e. The van der Waals surface area contributed by atoms with Crippen LogP contribution in [0, 0.1) is 5.92 Å². The molecule has 1 rings (SSSR count). The average molecular weight is 279 g/mol. The fourth-order valence-corrected chi connectivity index (χ4v) is 3.35. The maximum atomic E-state index is 11.8. The molecule has 8 heteroatoms. The molecule has 1 aliphatic carbocycles. The highest BCUT2D eigenvalue weighted by Crippen LogP contribution is 2.27. The molecule has 0 heterocycles. The molecule has 0 unspecified atom stereocenters. The average Bonchev–Trinajstić information content (AvgIpc) is 2.15. The van der Waals surface area contributed by atoms with E-state index in [1.54, 1.807) is 0 Å². The number of hydrogen-bond acceptors (Lipinski definition) is 4. The minimum absolute atomic E-state index is 0.255. The van der Waals surface area contributed by atoms with Crippen LogP contribution in [0.25, 0.3) is 0 Å². The first-order valence-electron chi connectivity index (χ1n) is 5.43. The Morgan fingerprint density at radius 3 is 2.29 bits per heavy atom. The van der Waals surface area contributed by atoms with E-state index in [0.29, 0.717) is 18.8 Å². The molecule has 0 aromatic heterocycles. The molecular weight excluding hydrogens is 262 g/mol. The van der Waals surface area contributed by atoms with Crippen molar-refractivity contribution in [3.63, 3.8) is 0 Å². The zero-order chi connectivity index (χ0) is 13.1.